The van der Waals surface area contributed by atoms with Crippen LogP contribution in [0.15, 0.2) is 24.3 Å². The van der Waals surface area contributed by atoms with Crippen LogP contribution >= 0.6 is 11.6 Å². The molecule has 0 bridgehead atoms. The quantitative estimate of drug-likeness (QED) is 0.775. The highest BCUT2D eigenvalue weighted by atomic mass is 35.5. The number of hydrogen-bond donors (Lipinski definition) is 1. The first-order valence-electron chi connectivity index (χ1n) is 10.8. The van der Waals surface area contributed by atoms with Gasteiger partial charge < -0.3 is 15.1 Å². The molecule has 164 valence electrons. The average Bonchev–Trinajstić information content (AvgIpc) is 3.10. The first-order chi connectivity index (χ1) is 14.1. The van der Waals surface area contributed by atoms with Gasteiger partial charge in [0.1, 0.15) is 0 Å². The van der Waals surface area contributed by atoms with Crippen LogP contribution in [0.1, 0.15) is 52.0 Å². The van der Waals surface area contributed by atoms with Crippen molar-refractivity contribution < 1.29 is 14.4 Å². The molecule has 0 saturated carbocycles. The molecule has 3 amide bonds. The molecule has 2 saturated heterocycles. The number of likely N-dealkylation sites (tertiary alicyclic amines) is 2. The maximum absolute atomic E-state index is 12.7. The van der Waals surface area contributed by atoms with Gasteiger partial charge in [-0.05, 0) is 57.7 Å². The molecule has 3 rings (SSSR count). The zero-order valence-corrected chi connectivity index (χ0v) is 18.9. The van der Waals surface area contributed by atoms with Crippen LogP contribution in [-0.4, -0.2) is 58.7 Å². The van der Waals surface area contributed by atoms with E-state index in [-0.39, 0.29) is 41.6 Å². The van der Waals surface area contributed by atoms with Crippen molar-refractivity contribution in [2.24, 2.45) is 5.92 Å². The minimum atomic E-state index is -0.282. The first-order valence-corrected chi connectivity index (χ1v) is 11.1. The monoisotopic (exact) mass is 433 g/mol. The third-order valence-electron chi connectivity index (χ3n) is 6.04. The van der Waals surface area contributed by atoms with E-state index in [4.69, 9.17) is 11.6 Å². The third-order valence-corrected chi connectivity index (χ3v) is 6.29. The van der Waals surface area contributed by atoms with E-state index in [0.717, 1.165) is 18.4 Å². The number of aryl methyl sites for hydroxylation is 1. The molecule has 2 heterocycles. The molecule has 0 aromatic heterocycles. The predicted molar refractivity (Wildman–Crippen MR) is 117 cm³/mol. The van der Waals surface area contributed by atoms with Gasteiger partial charge in [-0.25, -0.2) is 0 Å². The number of carbonyl (C=O) groups is 3. The molecule has 0 spiro atoms. The van der Waals surface area contributed by atoms with Gasteiger partial charge >= 0.3 is 0 Å². The van der Waals surface area contributed by atoms with E-state index < -0.39 is 0 Å². The second-order valence-electron chi connectivity index (χ2n) is 9.37. The summed E-state index contributed by atoms with van der Waals surface area (Å²) in [5.74, 6) is -0.126. The minimum absolute atomic E-state index is 0.0392. The van der Waals surface area contributed by atoms with Crippen molar-refractivity contribution >= 4 is 29.3 Å². The maximum Gasteiger partial charge on any atom is 0.225 e. The first kappa shape index (κ1) is 22.6. The highest BCUT2D eigenvalue weighted by molar-refractivity contribution is 6.30. The number of halogens is 1. The highest BCUT2D eigenvalue weighted by Crippen LogP contribution is 2.26. The molecule has 1 aromatic carbocycles. The molecular weight excluding hydrogens is 402 g/mol. The molecule has 7 heteroatoms. The molecule has 2 aliphatic rings. The molecule has 30 heavy (non-hydrogen) atoms. The van der Waals surface area contributed by atoms with Crippen molar-refractivity contribution in [3.05, 3.63) is 34.9 Å². The van der Waals surface area contributed by atoms with Gasteiger partial charge in [-0.15, -0.1) is 0 Å². The molecule has 1 aromatic rings. The number of nitrogens with one attached hydrogen (secondary N) is 1. The summed E-state index contributed by atoms with van der Waals surface area (Å²) in [5, 5.41) is 3.80. The van der Waals surface area contributed by atoms with Crippen molar-refractivity contribution in [2.45, 2.75) is 64.5 Å². The maximum atomic E-state index is 12.7. The van der Waals surface area contributed by atoms with Gasteiger partial charge in [-0.3, -0.25) is 14.4 Å². The fourth-order valence-corrected chi connectivity index (χ4v) is 4.31. The van der Waals surface area contributed by atoms with E-state index in [1.807, 2.05) is 49.9 Å². The zero-order valence-electron chi connectivity index (χ0n) is 18.1. The van der Waals surface area contributed by atoms with Crippen molar-refractivity contribution in [2.75, 3.05) is 19.6 Å². The highest BCUT2D eigenvalue weighted by Gasteiger charge is 2.40. The molecular formula is C23H32ClN3O3. The Balaban J connectivity index is 1.41. The van der Waals surface area contributed by atoms with E-state index in [0.29, 0.717) is 37.5 Å². The summed E-state index contributed by atoms with van der Waals surface area (Å²) < 4.78 is 0. The number of carbonyl (C=O) groups excluding carboxylic acids is 3. The lowest BCUT2D eigenvalue weighted by Gasteiger charge is -2.33. The normalized spacial score (nSPS) is 20.5. The van der Waals surface area contributed by atoms with Crippen LogP contribution in [0.5, 0.6) is 0 Å². The average molecular weight is 434 g/mol. The Morgan fingerprint density at radius 2 is 1.77 bits per heavy atom. The van der Waals surface area contributed by atoms with Crippen LogP contribution < -0.4 is 5.32 Å². The van der Waals surface area contributed by atoms with E-state index in [2.05, 4.69) is 5.32 Å². The van der Waals surface area contributed by atoms with E-state index in [1.165, 1.54) is 0 Å². The fourth-order valence-electron chi connectivity index (χ4n) is 4.18. The van der Waals surface area contributed by atoms with Gasteiger partial charge in [0.2, 0.25) is 17.7 Å². The van der Waals surface area contributed by atoms with Crippen LogP contribution in [0, 0.1) is 5.92 Å². The lowest BCUT2D eigenvalue weighted by molar-refractivity contribution is -0.133. The molecule has 1 N–H and O–H groups in total. The minimum Gasteiger partial charge on any atom is -0.353 e. The molecule has 2 fully saturated rings. The molecule has 6 nitrogen and oxygen atoms in total. The Kier molecular flexibility index (Phi) is 7.06. The molecule has 1 atom stereocenters. The number of piperidine rings is 1. The van der Waals surface area contributed by atoms with Gasteiger partial charge in [0.25, 0.3) is 0 Å². The molecule has 0 radical (unpaired) electrons. The Labute approximate surface area is 183 Å². The van der Waals surface area contributed by atoms with Gasteiger partial charge in [-0.1, -0.05) is 23.7 Å². The Hall–Kier alpha value is -2.08. The molecule has 0 aliphatic carbocycles. The van der Waals surface area contributed by atoms with E-state index >= 15 is 0 Å². The number of nitrogens with zero attached hydrogens (tertiary/aromatic N) is 2. The van der Waals surface area contributed by atoms with Crippen LogP contribution in [-0.2, 0) is 20.8 Å². The third kappa shape index (κ3) is 5.75. The van der Waals surface area contributed by atoms with Crippen LogP contribution in [0.2, 0.25) is 5.02 Å². The van der Waals surface area contributed by atoms with E-state index in [9.17, 15) is 14.4 Å². The smallest absolute Gasteiger partial charge is 0.225 e. The summed E-state index contributed by atoms with van der Waals surface area (Å²) >= 11 is 5.90. The lowest BCUT2D eigenvalue weighted by Crippen LogP contribution is -2.48. The topological polar surface area (TPSA) is 69.7 Å². The number of amides is 3. The van der Waals surface area contributed by atoms with Gasteiger partial charge in [-0.2, -0.15) is 0 Å². The van der Waals surface area contributed by atoms with Crippen molar-refractivity contribution in [3.8, 4) is 0 Å². The van der Waals surface area contributed by atoms with Gasteiger partial charge in [0, 0.05) is 49.1 Å². The summed E-state index contributed by atoms with van der Waals surface area (Å²) in [6.45, 7) is 7.76. The standard InChI is InChI=1S/C23H32ClN3O3/c1-23(2,3)27-15-17(14-21(27)29)22(30)25-19-10-12-26(13-11-19)20(28)9-6-16-4-7-18(24)8-5-16/h4-5,7-8,17,19H,6,9-15H2,1-3H3,(H,25,30). The van der Waals surface area contributed by atoms with Crippen LogP contribution in [0.4, 0.5) is 0 Å². The Morgan fingerprint density at radius 1 is 1.13 bits per heavy atom. The van der Waals surface area contributed by atoms with E-state index in [1.54, 1.807) is 4.90 Å². The second-order valence-corrected chi connectivity index (χ2v) is 9.80. The van der Waals surface area contributed by atoms with Crippen molar-refractivity contribution in [1.29, 1.82) is 0 Å². The number of benzene rings is 1. The summed E-state index contributed by atoms with van der Waals surface area (Å²) in [6, 6.07) is 7.65. The fraction of sp³-hybridized carbons (Fsp3) is 0.609. The summed E-state index contributed by atoms with van der Waals surface area (Å²) in [4.78, 5) is 41.1. The number of rotatable bonds is 5. The van der Waals surface area contributed by atoms with Crippen LogP contribution in [0.25, 0.3) is 0 Å². The lowest BCUT2D eigenvalue weighted by atomic mass is 10.0. The van der Waals surface area contributed by atoms with Gasteiger partial charge in [0.05, 0.1) is 5.92 Å². The van der Waals surface area contributed by atoms with Crippen molar-refractivity contribution in [3.63, 3.8) is 0 Å². The zero-order chi connectivity index (χ0) is 21.9. The summed E-state index contributed by atoms with van der Waals surface area (Å²) in [5.41, 5.74) is 0.842. The predicted octanol–water partition coefficient (Wildman–Crippen LogP) is 3.03. The largest absolute Gasteiger partial charge is 0.353 e. The molecule has 1 unspecified atom stereocenters. The second kappa shape index (κ2) is 9.38. The van der Waals surface area contributed by atoms with Crippen molar-refractivity contribution in [1.82, 2.24) is 15.1 Å². The number of hydrogen-bond acceptors (Lipinski definition) is 3. The summed E-state index contributed by atoms with van der Waals surface area (Å²) in [7, 11) is 0. The summed E-state index contributed by atoms with van der Waals surface area (Å²) in [6.07, 6.45) is 2.97. The van der Waals surface area contributed by atoms with Crippen LogP contribution in [0.3, 0.4) is 0 Å². The Bertz CT molecular complexity index is 780. The SMILES string of the molecule is CC(C)(C)N1CC(C(=O)NC2CCN(C(=O)CCc3ccc(Cl)cc3)CC2)CC1=O. The molecule has 2 aliphatic heterocycles. The van der Waals surface area contributed by atoms with Gasteiger partial charge in [0.15, 0.2) is 0 Å². The Morgan fingerprint density at radius 3 is 2.33 bits per heavy atom.